The van der Waals surface area contributed by atoms with Gasteiger partial charge in [0.2, 0.25) is 26.0 Å². The lowest BCUT2D eigenvalue weighted by Crippen LogP contribution is -2.40. The van der Waals surface area contributed by atoms with Crippen molar-refractivity contribution in [1.82, 2.24) is 29.4 Å². The number of amides is 3. The molecule has 0 saturated carbocycles. The number of nitrogens with two attached hydrogens (primary N) is 1. The quantitative estimate of drug-likeness (QED) is 0.0587. The maximum absolute atomic E-state index is 13.3. The number of hydrogen-bond acceptors (Lipinski definition) is 16. The van der Waals surface area contributed by atoms with Crippen molar-refractivity contribution in [3.8, 4) is 42.3 Å². The molecule has 0 saturated heterocycles. The Labute approximate surface area is 430 Å². The second kappa shape index (κ2) is 23.5. The van der Waals surface area contributed by atoms with Crippen molar-refractivity contribution in [2.75, 3.05) is 21.7 Å². The average molecular weight is 1070 g/mol. The first-order chi connectivity index (χ1) is 32.9. The van der Waals surface area contributed by atoms with Crippen LogP contribution < -0.4 is 31.1 Å². The first-order valence-corrected chi connectivity index (χ1v) is 26.7. The van der Waals surface area contributed by atoms with Gasteiger partial charge in [-0.3, -0.25) is 25.4 Å². The summed E-state index contributed by atoms with van der Waals surface area (Å²) < 4.78 is 68.3. The Bertz CT molecular complexity index is 3160. The van der Waals surface area contributed by atoms with E-state index in [1.807, 2.05) is 13.8 Å². The molecule has 0 radical (unpaired) electrons. The molecular formula is C49H64N10O9S4. The predicted octanol–water partition coefficient (Wildman–Crippen LogP) is 10.6. The van der Waals surface area contributed by atoms with E-state index >= 15 is 0 Å². The minimum atomic E-state index is -3.93. The van der Waals surface area contributed by atoms with Crippen molar-refractivity contribution in [3.05, 3.63) is 84.4 Å². The summed E-state index contributed by atoms with van der Waals surface area (Å²) in [4.78, 5) is 54.5. The normalized spacial score (nSPS) is 11.8. The number of hydrogen-bond donors (Lipinski definition) is 6. The summed E-state index contributed by atoms with van der Waals surface area (Å²) in [6.45, 7) is 22.7. The topological polar surface area (TPSA) is 276 Å². The molecule has 72 heavy (non-hydrogen) atoms. The maximum Gasteiger partial charge on any atom is 0.411 e. The van der Waals surface area contributed by atoms with Gasteiger partial charge in [-0.15, -0.1) is 22.7 Å². The Hall–Kier alpha value is -6.37. The molecule has 6 aromatic rings. The van der Waals surface area contributed by atoms with Gasteiger partial charge in [-0.05, 0) is 131 Å². The summed E-state index contributed by atoms with van der Waals surface area (Å²) in [5.41, 5.74) is 9.99. The SMILES string of the molecule is C.CC(=O)Nc1ccc(-c2cnc(-c3ncc(NC(=O)OC(C)C)cc3C)s2)c(S(=O)(=O)NC(C)(C)C)c1.Cc1cc(NC(=O)OC(C)C)cnc1-c1ncc(-c2ccc(N)cc2S(=O)(=O)NC(C)(C)C)s1. The van der Waals surface area contributed by atoms with Crippen LogP contribution in [-0.4, -0.2) is 78.2 Å². The summed E-state index contributed by atoms with van der Waals surface area (Å²) >= 11 is 2.60. The highest BCUT2D eigenvalue weighted by Crippen LogP contribution is 2.39. The highest BCUT2D eigenvalue weighted by atomic mass is 32.2. The maximum atomic E-state index is 13.3. The number of carbonyl (C=O) groups excluding carboxylic acids is 3. The lowest BCUT2D eigenvalue weighted by Gasteiger charge is -2.22. The van der Waals surface area contributed by atoms with Crippen LogP contribution in [0.1, 0.15) is 94.7 Å². The van der Waals surface area contributed by atoms with E-state index in [0.717, 1.165) is 11.1 Å². The number of aryl methyl sites for hydroxylation is 2. The molecule has 4 heterocycles. The summed E-state index contributed by atoms with van der Waals surface area (Å²) in [6, 6.07) is 13.0. The number of rotatable bonds is 13. The van der Waals surface area contributed by atoms with E-state index in [9.17, 15) is 31.2 Å². The molecule has 388 valence electrons. The fraction of sp³-hybridized carbons (Fsp3) is 0.367. The molecule has 19 nitrogen and oxygen atoms in total. The van der Waals surface area contributed by atoms with Crippen molar-refractivity contribution in [3.63, 3.8) is 0 Å². The number of nitrogens with one attached hydrogen (secondary N) is 5. The van der Waals surface area contributed by atoms with E-state index < -0.39 is 43.3 Å². The van der Waals surface area contributed by atoms with Crippen LogP contribution in [-0.2, 0) is 34.3 Å². The highest BCUT2D eigenvalue weighted by molar-refractivity contribution is 7.90. The van der Waals surface area contributed by atoms with Gasteiger partial charge in [-0.2, -0.15) is 0 Å². The van der Waals surface area contributed by atoms with Crippen LogP contribution in [0.4, 0.5) is 32.3 Å². The Morgan fingerprint density at radius 3 is 1.36 bits per heavy atom. The third kappa shape index (κ3) is 16.3. The molecular weight excluding hydrogens is 1000 g/mol. The third-order valence-electron chi connectivity index (χ3n) is 9.05. The van der Waals surface area contributed by atoms with Gasteiger partial charge in [0, 0.05) is 52.9 Å². The summed E-state index contributed by atoms with van der Waals surface area (Å²) in [7, 11) is -7.76. The number of anilines is 4. The summed E-state index contributed by atoms with van der Waals surface area (Å²) in [5, 5.41) is 9.12. The number of pyridine rings is 2. The smallest absolute Gasteiger partial charge is 0.411 e. The number of thiazole rings is 2. The molecule has 0 bridgehead atoms. The first kappa shape index (κ1) is 58.2. The molecule has 23 heteroatoms. The van der Waals surface area contributed by atoms with E-state index in [1.54, 1.807) is 118 Å². The fourth-order valence-electron chi connectivity index (χ4n) is 6.58. The van der Waals surface area contributed by atoms with Gasteiger partial charge in [-0.1, -0.05) is 19.6 Å². The van der Waals surface area contributed by atoms with Gasteiger partial charge < -0.3 is 20.5 Å². The first-order valence-electron chi connectivity index (χ1n) is 22.1. The van der Waals surface area contributed by atoms with Crippen LogP contribution in [0.2, 0.25) is 0 Å². The van der Waals surface area contributed by atoms with Gasteiger partial charge in [0.15, 0.2) is 0 Å². The van der Waals surface area contributed by atoms with E-state index in [-0.39, 0.29) is 35.3 Å². The van der Waals surface area contributed by atoms with Crippen LogP contribution in [0.25, 0.3) is 42.3 Å². The van der Waals surface area contributed by atoms with Crippen molar-refractivity contribution >= 4 is 83.6 Å². The number of nitrogens with zero attached hydrogens (tertiary/aromatic N) is 4. The number of benzene rings is 2. The number of ether oxygens (including phenoxy) is 2. The fourth-order valence-corrected chi connectivity index (χ4v) is 12.1. The Morgan fingerprint density at radius 1 is 0.583 bits per heavy atom. The molecule has 0 atom stereocenters. The third-order valence-corrected chi connectivity index (χ3v) is 14.7. The van der Waals surface area contributed by atoms with E-state index in [2.05, 4.69) is 45.3 Å². The Balaban J connectivity index is 0.000000309. The molecule has 0 spiro atoms. The van der Waals surface area contributed by atoms with Crippen LogP contribution in [0.5, 0.6) is 0 Å². The lowest BCUT2D eigenvalue weighted by molar-refractivity contribution is -0.114. The molecule has 0 aliphatic carbocycles. The molecule has 0 unspecified atom stereocenters. The second-order valence-electron chi connectivity index (χ2n) is 18.9. The molecule has 7 N–H and O–H groups in total. The predicted molar refractivity (Wildman–Crippen MR) is 287 cm³/mol. The number of aromatic nitrogens is 4. The number of carbonyl (C=O) groups is 3. The van der Waals surface area contributed by atoms with Crippen molar-refractivity contribution in [2.45, 2.75) is 131 Å². The van der Waals surface area contributed by atoms with Gasteiger partial charge >= 0.3 is 12.2 Å². The van der Waals surface area contributed by atoms with Crippen molar-refractivity contribution in [2.24, 2.45) is 0 Å². The second-order valence-corrected chi connectivity index (χ2v) is 24.2. The zero-order valence-electron chi connectivity index (χ0n) is 41.8. The minimum Gasteiger partial charge on any atom is -0.447 e. The standard InChI is InChI=1S/C25H31N5O5S2.C23H29N5O4S2.CH4/c1-14(2)35-24(32)29-18-10-15(3)22(26-12-18)23-27-13-20(36-23)19-9-8-17(28-16(4)31)11-21(19)37(33,34)30-25(5,6)7;1-13(2)32-22(29)27-16-9-14(3)20(25-11-16)21-26-12-18(33-21)17-8-7-15(24)10-19(17)34(30,31)28-23(4,5)6;/h8-14,30H,1-7H3,(H,28,31)(H,29,32);7-13,28H,24H2,1-6H3,(H,27,29);1H4. The molecule has 6 rings (SSSR count). The number of sulfonamides is 2. The van der Waals surface area contributed by atoms with E-state index in [4.69, 9.17) is 15.2 Å². The van der Waals surface area contributed by atoms with Crippen LogP contribution >= 0.6 is 22.7 Å². The number of nitrogen functional groups attached to an aromatic ring is 1. The van der Waals surface area contributed by atoms with Gasteiger partial charge in [-0.25, -0.2) is 45.8 Å². The molecule has 2 aromatic carbocycles. The molecule has 4 aromatic heterocycles. The van der Waals surface area contributed by atoms with Crippen molar-refractivity contribution in [1.29, 1.82) is 0 Å². The lowest BCUT2D eigenvalue weighted by atomic mass is 10.1. The minimum absolute atomic E-state index is 0. The molecule has 3 amide bonds. The molecule has 0 aliphatic rings. The van der Waals surface area contributed by atoms with Crippen LogP contribution in [0.15, 0.2) is 83.1 Å². The van der Waals surface area contributed by atoms with Gasteiger partial charge in [0.1, 0.15) is 21.4 Å². The summed E-state index contributed by atoms with van der Waals surface area (Å²) in [5.74, 6) is -0.308. The van der Waals surface area contributed by atoms with E-state index in [1.165, 1.54) is 54.1 Å². The molecule has 0 aliphatic heterocycles. The zero-order chi connectivity index (χ0) is 52.8. The monoisotopic (exact) mass is 1060 g/mol. The molecule has 0 fully saturated rings. The van der Waals surface area contributed by atoms with E-state index in [0.29, 0.717) is 65.0 Å². The van der Waals surface area contributed by atoms with Crippen LogP contribution in [0.3, 0.4) is 0 Å². The highest BCUT2D eigenvalue weighted by Gasteiger charge is 2.28. The van der Waals surface area contributed by atoms with Gasteiger partial charge in [0.25, 0.3) is 0 Å². The van der Waals surface area contributed by atoms with Crippen LogP contribution in [0, 0.1) is 13.8 Å². The van der Waals surface area contributed by atoms with Gasteiger partial charge in [0.05, 0.1) is 55.5 Å². The Morgan fingerprint density at radius 2 is 0.986 bits per heavy atom. The zero-order valence-corrected chi connectivity index (χ0v) is 45.0. The summed E-state index contributed by atoms with van der Waals surface area (Å²) in [6.07, 6.45) is 4.64. The van der Waals surface area contributed by atoms with Crippen molar-refractivity contribution < 1.29 is 40.7 Å². The Kier molecular flexibility index (Phi) is 19.0. The largest absolute Gasteiger partial charge is 0.447 e. The average Bonchev–Trinajstić information content (AvgIpc) is 3.90.